The highest BCUT2D eigenvalue weighted by Crippen LogP contribution is 2.27. The van der Waals surface area contributed by atoms with Gasteiger partial charge in [0.1, 0.15) is 5.82 Å². The van der Waals surface area contributed by atoms with E-state index in [0.29, 0.717) is 31.5 Å². The maximum atomic E-state index is 13.0. The SMILES string of the molecule is CC(C(=O)N1CCC(C(=O)c2ccc(F)cc2)CC1)c1cccs1. The lowest BCUT2D eigenvalue weighted by molar-refractivity contribution is -0.133. The van der Waals surface area contributed by atoms with Crippen LogP contribution in [0.5, 0.6) is 0 Å². The molecular formula is C19H20FNO2S. The van der Waals surface area contributed by atoms with Crippen molar-refractivity contribution in [3.8, 4) is 0 Å². The molecule has 1 atom stereocenters. The van der Waals surface area contributed by atoms with Crippen LogP contribution in [0.1, 0.15) is 40.9 Å². The Bertz CT molecular complexity index is 703. The molecule has 3 nitrogen and oxygen atoms in total. The number of carbonyl (C=O) groups is 2. The minimum Gasteiger partial charge on any atom is -0.342 e. The topological polar surface area (TPSA) is 37.4 Å². The first-order chi connectivity index (χ1) is 11.6. The molecule has 1 amide bonds. The van der Waals surface area contributed by atoms with E-state index in [1.54, 1.807) is 11.3 Å². The molecular weight excluding hydrogens is 325 g/mol. The van der Waals surface area contributed by atoms with E-state index in [1.165, 1.54) is 24.3 Å². The van der Waals surface area contributed by atoms with Crippen molar-refractivity contribution in [2.24, 2.45) is 5.92 Å². The van der Waals surface area contributed by atoms with Crippen molar-refractivity contribution in [1.29, 1.82) is 0 Å². The molecule has 2 aromatic rings. The molecule has 126 valence electrons. The third-order valence-corrected chi connectivity index (χ3v) is 5.70. The van der Waals surface area contributed by atoms with Gasteiger partial charge in [-0.2, -0.15) is 0 Å². The third-order valence-electron chi connectivity index (χ3n) is 4.65. The van der Waals surface area contributed by atoms with E-state index in [9.17, 15) is 14.0 Å². The Hall–Kier alpha value is -2.01. The number of nitrogens with zero attached hydrogens (tertiary/aromatic N) is 1. The predicted octanol–water partition coefficient (Wildman–Crippen LogP) is 4.11. The first-order valence-corrected chi connectivity index (χ1v) is 9.06. The van der Waals surface area contributed by atoms with Crippen molar-refractivity contribution in [3.05, 3.63) is 58.0 Å². The maximum Gasteiger partial charge on any atom is 0.230 e. The first-order valence-electron chi connectivity index (χ1n) is 8.18. The minimum atomic E-state index is -0.338. The quantitative estimate of drug-likeness (QED) is 0.782. The Kier molecular flexibility index (Phi) is 5.09. The molecule has 3 rings (SSSR count). The highest BCUT2D eigenvalue weighted by molar-refractivity contribution is 7.10. The highest BCUT2D eigenvalue weighted by Gasteiger charge is 2.30. The van der Waals surface area contributed by atoms with E-state index in [0.717, 1.165) is 4.88 Å². The van der Waals surface area contributed by atoms with Crippen LogP contribution in [0.25, 0.3) is 0 Å². The summed E-state index contributed by atoms with van der Waals surface area (Å²) in [4.78, 5) is 28.0. The lowest BCUT2D eigenvalue weighted by atomic mass is 9.88. The van der Waals surface area contributed by atoms with Gasteiger partial charge in [0.05, 0.1) is 5.92 Å². The first kappa shape index (κ1) is 16.8. The van der Waals surface area contributed by atoms with Gasteiger partial charge in [-0.1, -0.05) is 6.07 Å². The number of rotatable bonds is 4. The molecule has 2 heterocycles. The molecule has 1 aliphatic rings. The number of thiophene rings is 1. The van der Waals surface area contributed by atoms with Crippen LogP contribution in [-0.4, -0.2) is 29.7 Å². The zero-order valence-electron chi connectivity index (χ0n) is 13.6. The predicted molar refractivity (Wildman–Crippen MR) is 92.8 cm³/mol. The average Bonchev–Trinajstić information content (AvgIpc) is 3.15. The number of hydrogen-bond donors (Lipinski definition) is 0. The summed E-state index contributed by atoms with van der Waals surface area (Å²) in [5, 5.41) is 1.98. The fourth-order valence-electron chi connectivity index (χ4n) is 3.15. The summed E-state index contributed by atoms with van der Waals surface area (Å²) < 4.78 is 13.0. The number of ketones is 1. The molecule has 0 spiro atoms. The summed E-state index contributed by atoms with van der Waals surface area (Å²) in [6, 6.07) is 9.64. The van der Waals surface area contributed by atoms with E-state index in [2.05, 4.69) is 0 Å². The van der Waals surface area contributed by atoms with Crippen molar-refractivity contribution in [2.45, 2.75) is 25.7 Å². The van der Waals surface area contributed by atoms with Gasteiger partial charge >= 0.3 is 0 Å². The van der Waals surface area contributed by atoms with Crippen LogP contribution >= 0.6 is 11.3 Å². The van der Waals surface area contributed by atoms with Gasteiger partial charge in [0.2, 0.25) is 5.91 Å². The van der Waals surface area contributed by atoms with Crippen LogP contribution in [0.4, 0.5) is 4.39 Å². The number of benzene rings is 1. The minimum absolute atomic E-state index is 0.0494. The van der Waals surface area contributed by atoms with Gasteiger partial charge in [-0.25, -0.2) is 4.39 Å². The van der Waals surface area contributed by atoms with E-state index < -0.39 is 0 Å². The van der Waals surface area contributed by atoms with E-state index in [-0.39, 0.29) is 29.3 Å². The van der Waals surface area contributed by atoms with Gasteiger partial charge in [0.25, 0.3) is 0 Å². The van der Waals surface area contributed by atoms with Gasteiger partial charge in [0, 0.05) is 29.4 Å². The molecule has 0 bridgehead atoms. The monoisotopic (exact) mass is 345 g/mol. The zero-order chi connectivity index (χ0) is 17.1. The number of hydrogen-bond acceptors (Lipinski definition) is 3. The van der Waals surface area contributed by atoms with Gasteiger partial charge in [-0.05, 0) is 55.5 Å². The van der Waals surface area contributed by atoms with Gasteiger partial charge < -0.3 is 4.90 Å². The Labute approximate surface area is 145 Å². The smallest absolute Gasteiger partial charge is 0.230 e. The molecule has 0 radical (unpaired) electrons. The van der Waals surface area contributed by atoms with Crippen LogP contribution in [0.2, 0.25) is 0 Å². The van der Waals surface area contributed by atoms with Crippen molar-refractivity contribution < 1.29 is 14.0 Å². The van der Waals surface area contributed by atoms with Crippen molar-refractivity contribution in [1.82, 2.24) is 4.90 Å². The fourth-order valence-corrected chi connectivity index (χ4v) is 3.92. The van der Waals surface area contributed by atoms with Crippen molar-refractivity contribution in [3.63, 3.8) is 0 Å². The van der Waals surface area contributed by atoms with Crippen molar-refractivity contribution >= 4 is 23.0 Å². The maximum absolute atomic E-state index is 13.0. The average molecular weight is 345 g/mol. The molecule has 1 aromatic carbocycles. The molecule has 1 aliphatic heterocycles. The second kappa shape index (κ2) is 7.26. The summed E-state index contributed by atoms with van der Waals surface area (Å²) in [7, 11) is 0. The third kappa shape index (κ3) is 3.56. The zero-order valence-corrected chi connectivity index (χ0v) is 14.4. The number of halogens is 1. The van der Waals surface area contributed by atoms with E-state index >= 15 is 0 Å². The largest absolute Gasteiger partial charge is 0.342 e. The molecule has 1 aromatic heterocycles. The Morgan fingerprint density at radius 2 is 1.83 bits per heavy atom. The molecule has 0 N–H and O–H groups in total. The van der Waals surface area contributed by atoms with Gasteiger partial charge in [-0.3, -0.25) is 9.59 Å². The standard InChI is InChI=1S/C19H20FNO2S/c1-13(17-3-2-12-24-17)19(23)21-10-8-15(9-11-21)18(22)14-4-6-16(20)7-5-14/h2-7,12-13,15H,8-11H2,1H3. The molecule has 5 heteroatoms. The molecule has 0 aliphatic carbocycles. The van der Waals surface area contributed by atoms with Crippen LogP contribution in [-0.2, 0) is 4.79 Å². The van der Waals surface area contributed by atoms with Crippen LogP contribution in [0.3, 0.4) is 0 Å². The van der Waals surface area contributed by atoms with Gasteiger partial charge in [0.15, 0.2) is 5.78 Å². The normalized spacial score (nSPS) is 16.8. The number of likely N-dealkylation sites (tertiary alicyclic amines) is 1. The Morgan fingerprint density at radius 1 is 1.17 bits per heavy atom. The molecule has 24 heavy (non-hydrogen) atoms. The number of Topliss-reactive ketones (excluding diaryl/α,β-unsaturated/α-hetero) is 1. The van der Waals surface area contributed by atoms with Crippen LogP contribution in [0.15, 0.2) is 41.8 Å². The molecule has 1 fully saturated rings. The van der Waals surface area contributed by atoms with Crippen LogP contribution < -0.4 is 0 Å². The summed E-state index contributed by atoms with van der Waals surface area (Å²) in [5.41, 5.74) is 0.549. The van der Waals surface area contributed by atoms with Crippen LogP contribution in [0, 0.1) is 11.7 Å². The molecule has 1 unspecified atom stereocenters. The van der Waals surface area contributed by atoms with E-state index in [1.807, 2.05) is 29.3 Å². The summed E-state index contributed by atoms with van der Waals surface area (Å²) >= 11 is 1.59. The molecule has 0 saturated carbocycles. The lowest BCUT2D eigenvalue weighted by Crippen LogP contribution is -2.42. The fraction of sp³-hybridized carbons (Fsp3) is 0.368. The molecule has 1 saturated heterocycles. The second-order valence-corrected chi connectivity index (χ2v) is 7.19. The number of carbonyl (C=O) groups excluding carboxylic acids is 2. The van der Waals surface area contributed by atoms with Crippen molar-refractivity contribution in [2.75, 3.05) is 13.1 Å². The van der Waals surface area contributed by atoms with E-state index in [4.69, 9.17) is 0 Å². The number of amides is 1. The summed E-state index contributed by atoms with van der Waals surface area (Å²) in [6.45, 7) is 3.14. The Morgan fingerprint density at radius 3 is 2.42 bits per heavy atom. The number of piperidine rings is 1. The lowest BCUT2D eigenvalue weighted by Gasteiger charge is -2.33. The Balaban J connectivity index is 1.58. The summed E-state index contributed by atoms with van der Waals surface area (Å²) in [5.74, 6) is -0.376. The second-order valence-electron chi connectivity index (χ2n) is 6.21. The summed E-state index contributed by atoms with van der Waals surface area (Å²) in [6.07, 6.45) is 1.33. The van der Waals surface area contributed by atoms with Gasteiger partial charge in [-0.15, -0.1) is 11.3 Å². The highest BCUT2D eigenvalue weighted by atomic mass is 32.1.